The minimum absolute atomic E-state index is 0.242. The number of carbonyl (C=O) groups is 1. The monoisotopic (exact) mass is 395 g/mol. The average Bonchev–Trinajstić information content (AvgIpc) is 3.06. The molecule has 0 aliphatic carbocycles. The van der Waals surface area contributed by atoms with Gasteiger partial charge in [0.05, 0.1) is 31.6 Å². The number of amides is 1. The number of nitrogens with one attached hydrogen (secondary N) is 1. The van der Waals surface area contributed by atoms with Crippen LogP contribution in [0.5, 0.6) is 0 Å². The number of piperidine rings is 1. The molecule has 1 N–H and O–H groups in total. The number of nitrogens with zero attached hydrogens (tertiary/aromatic N) is 2. The van der Waals surface area contributed by atoms with E-state index >= 15 is 0 Å². The quantitative estimate of drug-likeness (QED) is 0.772. The standard InChI is InChI=1S/C19H26FN3O3S/c1-3-13-6-8-22(9-7-13)17-5-4-14(10-16(17)20)23-12-15(26-19(23)24)11-21-18(27)25-2/h4-5,10,13,15H,3,6-9,11-12H2,1-2H3,(H,21,27)/t15-/m0/s1. The minimum atomic E-state index is -0.485. The normalized spacial score (nSPS) is 20.6. The Balaban J connectivity index is 1.63. The molecular formula is C19H26FN3O3S. The molecule has 2 aliphatic heterocycles. The van der Waals surface area contributed by atoms with Crippen molar-refractivity contribution in [3.8, 4) is 0 Å². The van der Waals surface area contributed by atoms with E-state index in [-0.39, 0.29) is 17.1 Å². The van der Waals surface area contributed by atoms with Gasteiger partial charge in [-0.3, -0.25) is 4.90 Å². The fraction of sp³-hybridized carbons (Fsp3) is 0.579. The van der Waals surface area contributed by atoms with Crippen molar-refractivity contribution in [1.29, 1.82) is 0 Å². The number of hydrogen-bond acceptors (Lipinski definition) is 5. The third-order valence-corrected chi connectivity index (χ3v) is 5.62. The zero-order chi connectivity index (χ0) is 19.4. The first kappa shape index (κ1) is 19.7. The molecule has 1 aromatic carbocycles. The summed E-state index contributed by atoms with van der Waals surface area (Å²) in [5.41, 5.74) is 1.10. The van der Waals surface area contributed by atoms with Gasteiger partial charge >= 0.3 is 6.09 Å². The van der Waals surface area contributed by atoms with Crippen LogP contribution in [-0.4, -0.2) is 50.7 Å². The summed E-state index contributed by atoms with van der Waals surface area (Å²) in [6.07, 6.45) is 2.50. The van der Waals surface area contributed by atoms with E-state index in [1.807, 2.05) is 0 Å². The number of cyclic esters (lactones) is 1. The van der Waals surface area contributed by atoms with E-state index < -0.39 is 6.09 Å². The summed E-state index contributed by atoms with van der Waals surface area (Å²) in [4.78, 5) is 15.7. The van der Waals surface area contributed by atoms with Crippen LogP contribution < -0.4 is 15.1 Å². The van der Waals surface area contributed by atoms with E-state index in [9.17, 15) is 9.18 Å². The molecule has 0 bridgehead atoms. The van der Waals surface area contributed by atoms with Gasteiger partial charge in [0.1, 0.15) is 11.9 Å². The van der Waals surface area contributed by atoms with Crippen LogP contribution in [0.4, 0.5) is 20.6 Å². The maximum atomic E-state index is 14.7. The number of rotatable bonds is 5. The molecule has 1 amide bonds. The molecular weight excluding hydrogens is 369 g/mol. The molecule has 0 radical (unpaired) electrons. The lowest BCUT2D eigenvalue weighted by molar-refractivity contribution is 0.142. The summed E-state index contributed by atoms with van der Waals surface area (Å²) < 4.78 is 24.9. The number of anilines is 2. The summed E-state index contributed by atoms with van der Waals surface area (Å²) in [6.45, 7) is 4.62. The van der Waals surface area contributed by atoms with Gasteiger partial charge in [-0.1, -0.05) is 13.3 Å². The number of hydrogen-bond donors (Lipinski definition) is 1. The van der Waals surface area contributed by atoms with Crippen LogP contribution in [-0.2, 0) is 9.47 Å². The fourth-order valence-corrected chi connectivity index (χ4v) is 3.69. The molecule has 148 valence electrons. The van der Waals surface area contributed by atoms with Crippen LogP contribution in [0.1, 0.15) is 26.2 Å². The van der Waals surface area contributed by atoms with Gasteiger partial charge in [-0.2, -0.15) is 0 Å². The highest BCUT2D eigenvalue weighted by atomic mass is 32.1. The van der Waals surface area contributed by atoms with Crippen LogP contribution in [0, 0.1) is 11.7 Å². The molecule has 27 heavy (non-hydrogen) atoms. The van der Waals surface area contributed by atoms with E-state index in [2.05, 4.69) is 17.1 Å². The van der Waals surface area contributed by atoms with E-state index in [1.54, 1.807) is 12.1 Å². The molecule has 0 spiro atoms. The van der Waals surface area contributed by atoms with E-state index in [4.69, 9.17) is 21.7 Å². The van der Waals surface area contributed by atoms with Crippen LogP contribution in [0.15, 0.2) is 18.2 Å². The van der Waals surface area contributed by atoms with Crippen molar-refractivity contribution in [1.82, 2.24) is 5.32 Å². The fourth-order valence-electron chi connectivity index (χ4n) is 3.61. The minimum Gasteiger partial charge on any atom is -0.474 e. The summed E-state index contributed by atoms with van der Waals surface area (Å²) in [6, 6.07) is 4.95. The van der Waals surface area contributed by atoms with Crippen molar-refractivity contribution in [2.24, 2.45) is 5.92 Å². The van der Waals surface area contributed by atoms with E-state index in [0.29, 0.717) is 24.5 Å². The Hall–Kier alpha value is -2.09. The molecule has 0 saturated carbocycles. The summed E-state index contributed by atoms with van der Waals surface area (Å²) in [5, 5.41) is 3.11. The van der Waals surface area contributed by atoms with E-state index in [0.717, 1.165) is 31.8 Å². The van der Waals surface area contributed by atoms with Crippen LogP contribution in [0.25, 0.3) is 0 Å². The molecule has 2 fully saturated rings. The van der Waals surface area contributed by atoms with Crippen molar-refractivity contribution in [2.45, 2.75) is 32.3 Å². The largest absolute Gasteiger partial charge is 0.474 e. The molecule has 2 aliphatic rings. The zero-order valence-electron chi connectivity index (χ0n) is 15.7. The van der Waals surface area contributed by atoms with Crippen LogP contribution in [0.2, 0.25) is 0 Å². The van der Waals surface area contributed by atoms with Gasteiger partial charge in [-0.25, -0.2) is 9.18 Å². The number of carbonyl (C=O) groups excluding carboxylic acids is 1. The molecule has 8 heteroatoms. The Morgan fingerprint density at radius 2 is 2.15 bits per heavy atom. The summed E-state index contributed by atoms with van der Waals surface area (Å²) in [7, 11) is 1.47. The third kappa shape index (κ3) is 4.61. The highest BCUT2D eigenvalue weighted by molar-refractivity contribution is 7.80. The van der Waals surface area contributed by atoms with Gasteiger partial charge in [-0.15, -0.1) is 0 Å². The van der Waals surface area contributed by atoms with Crippen LogP contribution >= 0.6 is 12.2 Å². The molecule has 2 saturated heterocycles. The molecule has 1 aromatic rings. The lowest BCUT2D eigenvalue weighted by atomic mass is 9.94. The van der Waals surface area contributed by atoms with Crippen LogP contribution in [0.3, 0.4) is 0 Å². The van der Waals surface area contributed by atoms with Crippen molar-refractivity contribution in [3.05, 3.63) is 24.0 Å². The van der Waals surface area contributed by atoms with Crippen molar-refractivity contribution in [2.75, 3.05) is 43.1 Å². The maximum Gasteiger partial charge on any atom is 0.414 e. The first-order valence-electron chi connectivity index (χ1n) is 9.36. The van der Waals surface area contributed by atoms with Gasteiger partial charge in [-0.05, 0) is 49.2 Å². The van der Waals surface area contributed by atoms with E-state index in [1.165, 1.54) is 24.5 Å². The Kier molecular flexibility index (Phi) is 6.36. The molecule has 2 heterocycles. The molecule has 1 atom stereocenters. The average molecular weight is 396 g/mol. The lowest BCUT2D eigenvalue weighted by Crippen LogP contribution is -2.34. The second-order valence-corrected chi connectivity index (χ2v) is 7.33. The molecule has 6 nitrogen and oxygen atoms in total. The Labute approximate surface area is 164 Å². The highest BCUT2D eigenvalue weighted by Gasteiger charge is 2.33. The van der Waals surface area contributed by atoms with Gasteiger partial charge in [0.25, 0.3) is 5.17 Å². The second-order valence-electron chi connectivity index (χ2n) is 6.96. The van der Waals surface area contributed by atoms with Gasteiger partial charge in [0.2, 0.25) is 0 Å². The topological polar surface area (TPSA) is 54.0 Å². The smallest absolute Gasteiger partial charge is 0.414 e. The summed E-state index contributed by atoms with van der Waals surface area (Å²) >= 11 is 4.91. The van der Waals surface area contributed by atoms with Gasteiger partial charge < -0.3 is 19.7 Å². The number of ether oxygens (including phenoxy) is 2. The summed E-state index contributed by atoms with van der Waals surface area (Å²) in [5.74, 6) is 0.428. The second kappa shape index (κ2) is 8.73. The predicted octanol–water partition coefficient (Wildman–Crippen LogP) is 3.30. The Morgan fingerprint density at radius 1 is 1.41 bits per heavy atom. The number of halogens is 1. The number of thiocarbonyl (C=S) groups is 1. The zero-order valence-corrected chi connectivity index (χ0v) is 16.6. The predicted molar refractivity (Wildman–Crippen MR) is 107 cm³/mol. The molecule has 0 aromatic heterocycles. The van der Waals surface area contributed by atoms with Crippen molar-refractivity contribution >= 4 is 34.9 Å². The first-order chi connectivity index (χ1) is 13.0. The number of methoxy groups -OCH3 is 1. The molecule has 0 unspecified atom stereocenters. The Bertz CT molecular complexity index is 695. The first-order valence-corrected chi connectivity index (χ1v) is 9.77. The molecule has 3 rings (SSSR count). The SMILES string of the molecule is CCC1CCN(c2ccc(N3C[C@H](CNC(=S)OC)OC3=O)cc2F)CC1. The highest BCUT2D eigenvalue weighted by Crippen LogP contribution is 2.31. The third-order valence-electron chi connectivity index (χ3n) is 5.31. The van der Waals surface area contributed by atoms with Gasteiger partial charge in [0, 0.05) is 13.1 Å². The maximum absolute atomic E-state index is 14.7. The Morgan fingerprint density at radius 3 is 2.78 bits per heavy atom. The van der Waals surface area contributed by atoms with Crippen molar-refractivity contribution < 1.29 is 18.7 Å². The van der Waals surface area contributed by atoms with Crippen molar-refractivity contribution in [3.63, 3.8) is 0 Å². The number of benzene rings is 1. The lowest BCUT2D eigenvalue weighted by Gasteiger charge is -2.33. The van der Waals surface area contributed by atoms with Gasteiger partial charge in [0.15, 0.2) is 0 Å².